The van der Waals surface area contributed by atoms with Gasteiger partial charge in [-0.05, 0) is 295 Å². The Kier molecular flexibility index (Phi) is 35.7. The van der Waals surface area contributed by atoms with Crippen molar-refractivity contribution < 1.29 is 0 Å². The topological polar surface area (TPSA) is 3.24 Å². The molecule has 2 aliphatic carbocycles. The number of rotatable bonds is 32. The Morgan fingerprint density at radius 1 is 0.256 bits per heavy atom. The number of aryl methyl sites for hydroxylation is 15. The predicted octanol–water partition coefficient (Wildman–Crippen LogP) is 35.8. The maximum atomic E-state index is 2.53. The molecule has 0 aromatic heterocycles. The van der Waals surface area contributed by atoms with E-state index >= 15 is 0 Å². The van der Waals surface area contributed by atoms with E-state index in [4.69, 9.17) is 0 Å². The average Bonchev–Trinajstić information content (AvgIpc) is 1.56. The molecule has 14 rings (SSSR count). The van der Waals surface area contributed by atoms with Crippen molar-refractivity contribution in [3.8, 4) is 33.4 Å². The lowest BCUT2D eigenvalue weighted by Gasteiger charge is -2.34. The number of anilines is 3. The molecule has 12 aromatic rings. The second kappa shape index (κ2) is 46.1. The van der Waals surface area contributed by atoms with E-state index < -0.39 is 0 Å². The molecule has 0 saturated heterocycles. The van der Waals surface area contributed by atoms with Gasteiger partial charge in [0.1, 0.15) is 0 Å². The third kappa shape index (κ3) is 24.5. The van der Waals surface area contributed by atoms with E-state index in [9.17, 15) is 0 Å². The number of benzene rings is 12. The van der Waals surface area contributed by atoms with Crippen LogP contribution < -0.4 is 4.90 Å². The first kappa shape index (κ1) is 93.7. The molecular weight excluding hydrogens is 1460 g/mol. The molecule has 12 aromatic carbocycles. The van der Waals surface area contributed by atoms with Crippen molar-refractivity contribution in [2.24, 2.45) is 0 Å². The summed E-state index contributed by atoms with van der Waals surface area (Å²) in [6, 6.07) is 91.2. The SMILES string of the molecule is CCC(C)c1ccc(N(c2ccc(C)cc2)c2ccc(C)cc2)cc1.CCCCCCCCC1(CCCCCCCC)c2cc(C)ccc2-c2ccc(C)cc21.CCCCCCc1cc(C)c(CCCCCC)cc1C.Cc1ccc(-c2cc(C)c(C)c(C)c2)cc1.Cc1ccc(C2(c3ccc(C)cc3)c3cc(C)ccc3-c3ccc(C)cc32)cc1. The molecule has 121 heavy (non-hydrogen) atoms. The Morgan fingerprint density at radius 2 is 0.545 bits per heavy atom. The fraction of sp³-hybridized carbons (Fsp3) is 0.400. The number of hydrogen-bond donors (Lipinski definition) is 0. The average molecular weight is 1610 g/mol. The fourth-order valence-corrected chi connectivity index (χ4v) is 18.7. The van der Waals surface area contributed by atoms with Crippen LogP contribution in [0.5, 0.6) is 0 Å². The Bertz CT molecular complexity index is 4900. The third-order valence-corrected chi connectivity index (χ3v) is 26.6. The van der Waals surface area contributed by atoms with E-state index in [-0.39, 0.29) is 10.8 Å². The van der Waals surface area contributed by atoms with Crippen molar-refractivity contribution in [2.45, 2.75) is 316 Å². The van der Waals surface area contributed by atoms with Gasteiger partial charge in [0.2, 0.25) is 0 Å². The molecule has 2 aliphatic rings. The zero-order valence-corrected chi connectivity index (χ0v) is 78.8. The van der Waals surface area contributed by atoms with Crippen LogP contribution in [0.25, 0.3) is 33.4 Å². The quantitative estimate of drug-likeness (QED) is 0.0380. The van der Waals surface area contributed by atoms with E-state index in [1.807, 2.05) is 0 Å². The molecule has 636 valence electrons. The van der Waals surface area contributed by atoms with Gasteiger partial charge in [0, 0.05) is 22.5 Å². The first-order valence-electron chi connectivity index (χ1n) is 47.3. The van der Waals surface area contributed by atoms with E-state index in [1.54, 1.807) is 22.3 Å². The van der Waals surface area contributed by atoms with Gasteiger partial charge in [-0.3, -0.25) is 0 Å². The van der Waals surface area contributed by atoms with Gasteiger partial charge in [-0.2, -0.15) is 0 Å². The van der Waals surface area contributed by atoms with Gasteiger partial charge < -0.3 is 4.90 Å². The Hall–Kier alpha value is -9.56. The largest absolute Gasteiger partial charge is 0.311 e. The lowest BCUT2D eigenvalue weighted by molar-refractivity contribution is 0.397. The summed E-state index contributed by atoms with van der Waals surface area (Å²) in [6.07, 6.45) is 33.8. The molecule has 0 saturated carbocycles. The Balaban J connectivity index is 0.000000161. The van der Waals surface area contributed by atoms with Crippen LogP contribution in [0.1, 0.15) is 323 Å². The number of nitrogens with zero attached hydrogens (tertiary/aromatic N) is 1. The van der Waals surface area contributed by atoms with Crippen LogP contribution in [-0.4, -0.2) is 0 Å². The van der Waals surface area contributed by atoms with Crippen LogP contribution in [-0.2, 0) is 23.7 Å². The first-order valence-corrected chi connectivity index (χ1v) is 47.3. The Morgan fingerprint density at radius 3 is 0.893 bits per heavy atom. The number of fused-ring (bicyclic) bond motifs is 6. The van der Waals surface area contributed by atoms with Gasteiger partial charge >= 0.3 is 0 Å². The summed E-state index contributed by atoms with van der Waals surface area (Å²) < 4.78 is 0. The molecule has 1 nitrogen and oxygen atoms in total. The van der Waals surface area contributed by atoms with E-state index in [0.29, 0.717) is 5.92 Å². The maximum Gasteiger partial charge on any atom is 0.0713 e. The maximum absolute atomic E-state index is 2.53. The molecule has 1 unspecified atom stereocenters. The molecule has 0 fully saturated rings. The van der Waals surface area contributed by atoms with E-state index in [0.717, 1.165) is 0 Å². The van der Waals surface area contributed by atoms with Crippen molar-refractivity contribution in [2.75, 3.05) is 4.90 Å². The minimum atomic E-state index is -0.288. The van der Waals surface area contributed by atoms with Gasteiger partial charge in [-0.25, -0.2) is 0 Å². The summed E-state index contributed by atoms with van der Waals surface area (Å²) >= 11 is 0. The summed E-state index contributed by atoms with van der Waals surface area (Å²) in [6.45, 7) is 44.5. The molecule has 0 N–H and O–H groups in total. The summed E-state index contributed by atoms with van der Waals surface area (Å²) in [5, 5.41) is 0. The number of unbranched alkanes of at least 4 members (excludes halogenated alkanes) is 16. The van der Waals surface area contributed by atoms with Crippen LogP contribution in [0.3, 0.4) is 0 Å². The highest BCUT2D eigenvalue weighted by atomic mass is 15.1. The first-order chi connectivity index (χ1) is 58.5. The monoisotopic (exact) mass is 1610 g/mol. The smallest absolute Gasteiger partial charge is 0.0713 e. The van der Waals surface area contributed by atoms with Gasteiger partial charge in [-0.1, -0.05) is 413 Å². The van der Waals surface area contributed by atoms with Crippen LogP contribution in [0.15, 0.2) is 243 Å². The van der Waals surface area contributed by atoms with Crippen molar-refractivity contribution in [3.05, 3.63) is 371 Å². The molecule has 0 bridgehead atoms. The van der Waals surface area contributed by atoms with Crippen molar-refractivity contribution in [3.63, 3.8) is 0 Å². The predicted molar refractivity (Wildman–Crippen MR) is 533 cm³/mol. The molecule has 1 heteroatoms. The molecule has 0 spiro atoms. The zero-order chi connectivity index (χ0) is 86.6. The minimum absolute atomic E-state index is 0.234. The molecule has 0 radical (unpaired) electrons. The molecule has 1 atom stereocenters. The van der Waals surface area contributed by atoms with Crippen LogP contribution in [0.2, 0.25) is 0 Å². The number of hydrogen-bond acceptors (Lipinski definition) is 1. The highest BCUT2D eigenvalue weighted by molar-refractivity contribution is 5.87. The molecular formula is C120H151N. The summed E-state index contributed by atoms with van der Waals surface area (Å²) in [7, 11) is 0. The second-order valence-corrected chi connectivity index (χ2v) is 36.6. The van der Waals surface area contributed by atoms with Gasteiger partial charge in [-0.15, -0.1) is 0 Å². The standard InChI is InChI=1S/C31H46.C29H26.C24H27N.C20H34.C16H18/c1-5-7-9-11-13-15-21-31(22-16-14-12-10-8-6-2)29-23-25(3)17-19-27(29)28-20-18-26(4)24-30(28)31;1-19-5-11-23(12-6-19)29(24-13-7-20(2)8-14-24)27-17-21(3)9-15-25(27)26-16-10-22(4)18-28(26)29;1-5-20(4)21-10-16-24(17-11-21)25(22-12-6-18(2)7-13-22)23-14-8-19(3)9-15-23;1-5-7-9-11-13-19-15-18(4)20(16-17(19)3)14-12-10-8-6-2;1-11-5-7-15(8-6-11)16-9-12(2)14(4)13(3)10-16/h17-20,23-24H,5-16,21-22H2,1-4H3;5-18H,1-4H3;6-17,20H,5H2,1-4H3;15-16H,5-14H2,1-4H3;5-10H,1-4H3. The Labute approximate surface area is 736 Å². The lowest BCUT2D eigenvalue weighted by atomic mass is 9.67. The highest BCUT2D eigenvalue weighted by Gasteiger charge is 2.47. The van der Waals surface area contributed by atoms with Crippen LogP contribution in [0.4, 0.5) is 17.1 Å². The lowest BCUT2D eigenvalue weighted by Crippen LogP contribution is -2.28. The summed E-state index contributed by atoms with van der Waals surface area (Å²) in [5.41, 5.74) is 44.2. The van der Waals surface area contributed by atoms with Gasteiger partial charge in [0.15, 0.2) is 0 Å². The normalized spacial score (nSPS) is 12.6. The molecule has 0 heterocycles. The van der Waals surface area contributed by atoms with E-state index in [1.165, 1.54) is 317 Å². The molecule has 0 amide bonds. The summed E-state index contributed by atoms with van der Waals surface area (Å²) in [5.74, 6) is 0.598. The van der Waals surface area contributed by atoms with Gasteiger partial charge in [0.05, 0.1) is 5.41 Å². The van der Waals surface area contributed by atoms with Gasteiger partial charge in [0.25, 0.3) is 0 Å². The highest BCUT2D eigenvalue weighted by Crippen LogP contribution is 2.58. The minimum Gasteiger partial charge on any atom is -0.311 e. The zero-order valence-electron chi connectivity index (χ0n) is 78.8. The van der Waals surface area contributed by atoms with Crippen molar-refractivity contribution in [1.82, 2.24) is 0 Å². The summed E-state index contributed by atoms with van der Waals surface area (Å²) in [4.78, 5) is 2.32. The van der Waals surface area contributed by atoms with Crippen molar-refractivity contribution >= 4 is 17.1 Å². The van der Waals surface area contributed by atoms with Crippen molar-refractivity contribution in [1.29, 1.82) is 0 Å². The van der Waals surface area contributed by atoms with Crippen LogP contribution in [0, 0.1) is 96.9 Å². The van der Waals surface area contributed by atoms with E-state index in [2.05, 4.69) is 386 Å². The fourth-order valence-electron chi connectivity index (χ4n) is 18.7. The second-order valence-electron chi connectivity index (χ2n) is 36.6. The van der Waals surface area contributed by atoms with Crippen LogP contribution >= 0.6 is 0 Å². The third-order valence-electron chi connectivity index (χ3n) is 26.6. The molecule has 0 aliphatic heterocycles.